The van der Waals surface area contributed by atoms with E-state index in [0.717, 1.165) is 38.8 Å². The number of rotatable bonds is 6. The Morgan fingerprint density at radius 3 is 2.68 bits per heavy atom. The van der Waals surface area contributed by atoms with Crippen LogP contribution in [0.5, 0.6) is 0 Å². The Morgan fingerprint density at radius 1 is 1.26 bits per heavy atom. The predicted molar refractivity (Wildman–Crippen MR) is 75.6 cm³/mol. The van der Waals surface area contributed by atoms with Crippen LogP contribution in [0.2, 0.25) is 0 Å². The summed E-state index contributed by atoms with van der Waals surface area (Å²) in [6.45, 7) is 3.28. The zero-order valence-electron chi connectivity index (χ0n) is 11.8. The molecule has 6 heteroatoms. The highest BCUT2D eigenvalue weighted by Crippen LogP contribution is 2.31. The van der Waals surface area contributed by atoms with Crippen molar-refractivity contribution in [1.29, 1.82) is 0 Å². The molecule has 2 aliphatic rings. The maximum atomic E-state index is 12.4. The molecule has 0 aromatic heterocycles. The van der Waals surface area contributed by atoms with Crippen molar-refractivity contribution >= 4 is 10.0 Å². The van der Waals surface area contributed by atoms with E-state index in [0.29, 0.717) is 25.5 Å². The average molecular weight is 290 g/mol. The summed E-state index contributed by atoms with van der Waals surface area (Å²) in [5.74, 6) is 0.767. The summed E-state index contributed by atoms with van der Waals surface area (Å²) in [5, 5.41) is 3.35. The van der Waals surface area contributed by atoms with Crippen LogP contribution in [-0.2, 0) is 14.8 Å². The second-order valence-corrected chi connectivity index (χ2v) is 7.61. The zero-order chi connectivity index (χ0) is 13.7. The molecule has 2 rings (SSSR count). The minimum absolute atomic E-state index is 0.225. The van der Waals surface area contributed by atoms with Crippen LogP contribution in [0.1, 0.15) is 32.1 Å². The molecule has 112 valence electrons. The van der Waals surface area contributed by atoms with Gasteiger partial charge >= 0.3 is 0 Å². The van der Waals surface area contributed by atoms with Gasteiger partial charge in [0.2, 0.25) is 10.0 Å². The average Bonchev–Trinajstić information content (AvgIpc) is 2.90. The standard InChI is InChI=1S/C13H26N2O3S/c1-18-10-3-11-19(16,17)15-9-2-4-13(15)12-5-7-14-8-6-12/h12-14H,2-11H2,1H3. The molecule has 0 amide bonds. The van der Waals surface area contributed by atoms with Gasteiger partial charge in [0.25, 0.3) is 0 Å². The van der Waals surface area contributed by atoms with E-state index in [9.17, 15) is 8.42 Å². The summed E-state index contributed by atoms with van der Waals surface area (Å²) in [6, 6.07) is 0.245. The maximum absolute atomic E-state index is 12.4. The number of sulfonamides is 1. The van der Waals surface area contributed by atoms with Crippen molar-refractivity contribution in [3.63, 3.8) is 0 Å². The molecule has 2 aliphatic heterocycles. The van der Waals surface area contributed by atoms with Crippen LogP contribution < -0.4 is 5.32 Å². The first-order valence-corrected chi connectivity index (χ1v) is 8.95. The molecule has 0 spiro atoms. The van der Waals surface area contributed by atoms with Gasteiger partial charge in [-0.25, -0.2) is 8.42 Å². The van der Waals surface area contributed by atoms with Crippen molar-refractivity contribution in [2.75, 3.05) is 39.1 Å². The maximum Gasteiger partial charge on any atom is 0.214 e. The molecule has 0 saturated carbocycles. The zero-order valence-corrected chi connectivity index (χ0v) is 12.6. The molecule has 5 nitrogen and oxygen atoms in total. The largest absolute Gasteiger partial charge is 0.385 e. The third-order valence-corrected chi connectivity index (χ3v) is 6.26. The van der Waals surface area contributed by atoms with E-state index >= 15 is 0 Å². The van der Waals surface area contributed by atoms with Crippen LogP contribution in [0.15, 0.2) is 0 Å². The summed E-state index contributed by atoms with van der Waals surface area (Å²) in [7, 11) is -1.49. The minimum atomic E-state index is -3.10. The van der Waals surface area contributed by atoms with Crippen molar-refractivity contribution < 1.29 is 13.2 Å². The summed E-state index contributed by atoms with van der Waals surface area (Å²) >= 11 is 0. The quantitative estimate of drug-likeness (QED) is 0.736. The van der Waals surface area contributed by atoms with Gasteiger partial charge in [0.15, 0.2) is 0 Å². The highest BCUT2D eigenvalue weighted by atomic mass is 32.2. The number of hydrogen-bond acceptors (Lipinski definition) is 4. The van der Waals surface area contributed by atoms with Crippen molar-refractivity contribution in [1.82, 2.24) is 9.62 Å². The molecule has 2 saturated heterocycles. The van der Waals surface area contributed by atoms with E-state index < -0.39 is 10.0 Å². The number of nitrogens with one attached hydrogen (secondary N) is 1. The first-order valence-electron chi connectivity index (χ1n) is 7.34. The number of methoxy groups -OCH3 is 1. The Morgan fingerprint density at radius 2 is 2.00 bits per heavy atom. The van der Waals surface area contributed by atoms with Crippen LogP contribution in [0, 0.1) is 5.92 Å². The van der Waals surface area contributed by atoms with Gasteiger partial charge in [-0.15, -0.1) is 0 Å². The third-order valence-electron chi connectivity index (χ3n) is 4.28. The summed E-state index contributed by atoms with van der Waals surface area (Å²) < 4.78 is 31.6. The van der Waals surface area contributed by atoms with Crippen LogP contribution >= 0.6 is 0 Å². The topological polar surface area (TPSA) is 58.6 Å². The SMILES string of the molecule is COCCCS(=O)(=O)N1CCCC1C1CCNCC1. The van der Waals surface area contributed by atoms with E-state index in [1.807, 2.05) is 0 Å². The minimum Gasteiger partial charge on any atom is -0.385 e. The Bertz CT molecular complexity index is 366. The molecule has 0 bridgehead atoms. The number of piperidine rings is 1. The van der Waals surface area contributed by atoms with Crippen LogP contribution in [0.4, 0.5) is 0 Å². The summed E-state index contributed by atoms with van der Waals surface area (Å²) in [5.41, 5.74) is 0. The summed E-state index contributed by atoms with van der Waals surface area (Å²) in [4.78, 5) is 0. The molecule has 19 heavy (non-hydrogen) atoms. The molecular weight excluding hydrogens is 264 g/mol. The van der Waals surface area contributed by atoms with E-state index in [1.165, 1.54) is 0 Å². The number of nitrogens with zero attached hydrogens (tertiary/aromatic N) is 1. The summed E-state index contributed by atoms with van der Waals surface area (Å²) in [6.07, 6.45) is 4.85. The van der Waals surface area contributed by atoms with Crippen molar-refractivity contribution in [2.45, 2.75) is 38.1 Å². The van der Waals surface area contributed by atoms with Crippen molar-refractivity contribution in [3.8, 4) is 0 Å². The Kier molecular flexibility index (Phi) is 5.62. The van der Waals surface area contributed by atoms with Gasteiger partial charge in [-0.2, -0.15) is 4.31 Å². The smallest absolute Gasteiger partial charge is 0.214 e. The van der Waals surface area contributed by atoms with Crippen molar-refractivity contribution in [2.24, 2.45) is 5.92 Å². The lowest BCUT2D eigenvalue weighted by Crippen LogP contribution is -2.44. The third kappa shape index (κ3) is 3.90. The Hall–Kier alpha value is -0.170. The lowest BCUT2D eigenvalue weighted by molar-refractivity contribution is 0.198. The molecule has 1 unspecified atom stereocenters. The number of ether oxygens (including phenoxy) is 1. The molecule has 0 aliphatic carbocycles. The highest BCUT2D eigenvalue weighted by molar-refractivity contribution is 7.89. The lowest BCUT2D eigenvalue weighted by Gasteiger charge is -2.33. The molecule has 2 heterocycles. The predicted octanol–water partition coefficient (Wildman–Crippen LogP) is 0.817. The molecule has 1 N–H and O–H groups in total. The second kappa shape index (κ2) is 7.02. The van der Waals surface area contributed by atoms with Gasteiger partial charge < -0.3 is 10.1 Å². The Labute approximate surface area is 116 Å². The van der Waals surface area contributed by atoms with E-state index in [4.69, 9.17) is 4.74 Å². The van der Waals surface area contributed by atoms with E-state index in [-0.39, 0.29) is 11.8 Å². The molecule has 0 radical (unpaired) electrons. The monoisotopic (exact) mass is 290 g/mol. The number of hydrogen-bond donors (Lipinski definition) is 1. The van der Waals surface area contributed by atoms with E-state index in [1.54, 1.807) is 11.4 Å². The lowest BCUT2D eigenvalue weighted by atomic mass is 9.89. The van der Waals surface area contributed by atoms with Gasteiger partial charge in [-0.1, -0.05) is 0 Å². The fraction of sp³-hybridized carbons (Fsp3) is 1.00. The molecule has 2 fully saturated rings. The van der Waals surface area contributed by atoms with Gasteiger partial charge in [-0.3, -0.25) is 0 Å². The first kappa shape index (κ1) is 15.2. The second-order valence-electron chi connectivity index (χ2n) is 5.57. The van der Waals surface area contributed by atoms with Gasteiger partial charge in [0.05, 0.1) is 5.75 Å². The molecular formula is C13H26N2O3S. The first-order chi connectivity index (χ1) is 9.15. The van der Waals surface area contributed by atoms with Crippen LogP contribution in [0.3, 0.4) is 0 Å². The van der Waals surface area contributed by atoms with Crippen molar-refractivity contribution in [3.05, 3.63) is 0 Å². The fourth-order valence-electron chi connectivity index (χ4n) is 3.31. The Balaban J connectivity index is 1.96. The van der Waals surface area contributed by atoms with Gasteiger partial charge in [0.1, 0.15) is 0 Å². The van der Waals surface area contributed by atoms with Gasteiger partial charge in [-0.05, 0) is 51.1 Å². The normalized spacial score (nSPS) is 26.9. The van der Waals surface area contributed by atoms with Crippen LogP contribution in [-0.4, -0.2) is 57.9 Å². The van der Waals surface area contributed by atoms with E-state index in [2.05, 4.69) is 5.32 Å². The highest BCUT2D eigenvalue weighted by Gasteiger charge is 2.38. The fourth-order valence-corrected chi connectivity index (χ4v) is 5.13. The molecule has 0 aromatic carbocycles. The van der Waals surface area contributed by atoms with Gasteiger partial charge in [0, 0.05) is 26.3 Å². The molecule has 0 aromatic rings. The molecule has 1 atom stereocenters. The van der Waals surface area contributed by atoms with Crippen LogP contribution in [0.25, 0.3) is 0 Å².